The molecule has 0 aliphatic carbocycles. The molecular weight excluding hydrogens is 350 g/mol. The Morgan fingerprint density at radius 2 is 1.70 bits per heavy atom. The van der Waals surface area contributed by atoms with Crippen molar-refractivity contribution in [3.05, 3.63) is 64.7 Å². The van der Waals surface area contributed by atoms with Gasteiger partial charge >= 0.3 is 6.61 Å². The van der Waals surface area contributed by atoms with E-state index in [2.05, 4.69) is 20.7 Å². The minimum absolute atomic E-state index is 0.0583. The SMILES string of the molecule is FC(F)Oc1ccc(C(Br)Cc2ccccc2Cl)cc1. The van der Waals surface area contributed by atoms with Crippen LogP contribution in [0.2, 0.25) is 5.02 Å². The molecule has 1 atom stereocenters. The highest BCUT2D eigenvalue weighted by Gasteiger charge is 2.11. The van der Waals surface area contributed by atoms with E-state index in [1.807, 2.05) is 24.3 Å². The summed E-state index contributed by atoms with van der Waals surface area (Å²) in [5.74, 6) is 0.154. The zero-order valence-electron chi connectivity index (χ0n) is 10.4. The molecule has 0 fully saturated rings. The molecule has 0 radical (unpaired) electrons. The molecule has 0 aromatic heterocycles. The van der Waals surface area contributed by atoms with E-state index in [4.69, 9.17) is 11.6 Å². The molecule has 0 saturated carbocycles. The molecule has 0 N–H and O–H groups in total. The quantitative estimate of drug-likeness (QED) is 0.628. The van der Waals surface area contributed by atoms with Gasteiger partial charge in [-0.25, -0.2) is 0 Å². The van der Waals surface area contributed by atoms with Crippen molar-refractivity contribution >= 4 is 27.5 Å². The van der Waals surface area contributed by atoms with Crippen molar-refractivity contribution in [2.75, 3.05) is 0 Å². The first-order valence-electron chi connectivity index (χ1n) is 5.98. The summed E-state index contributed by atoms with van der Waals surface area (Å²) in [6.07, 6.45) is 0.717. The molecule has 2 aromatic carbocycles. The van der Waals surface area contributed by atoms with Crippen LogP contribution >= 0.6 is 27.5 Å². The third kappa shape index (κ3) is 4.18. The van der Waals surface area contributed by atoms with E-state index in [-0.39, 0.29) is 10.6 Å². The van der Waals surface area contributed by atoms with Crippen LogP contribution in [0.4, 0.5) is 8.78 Å². The molecule has 0 amide bonds. The van der Waals surface area contributed by atoms with Crippen LogP contribution in [-0.4, -0.2) is 6.61 Å². The van der Waals surface area contributed by atoms with Crippen molar-refractivity contribution in [3.63, 3.8) is 0 Å². The number of halogens is 4. The highest BCUT2D eigenvalue weighted by molar-refractivity contribution is 9.09. The Morgan fingerprint density at radius 3 is 2.30 bits per heavy atom. The third-order valence-corrected chi connectivity index (χ3v) is 4.05. The molecule has 0 heterocycles. The zero-order chi connectivity index (χ0) is 14.5. The summed E-state index contributed by atoms with van der Waals surface area (Å²) in [5.41, 5.74) is 2.01. The Kier molecular flexibility index (Phi) is 5.38. The van der Waals surface area contributed by atoms with E-state index in [9.17, 15) is 8.78 Å². The summed E-state index contributed by atoms with van der Waals surface area (Å²) in [5, 5.41) is 0.717. The van der Waals surface area contributed by atoms with Gasteiger partial charge in [0.15, 0.2) is 0 Å². The van der Waals surface area contributed by atoms with Gasteiger partial charge in [0, 0.05) is 9.85 Å². The van der Waals surface area contributed by atoms with Crippen LogP contribution in [0, 0.1) is 0 Å². The lowest BCUT2D eigenvalue weighted by Gasteiger charge is -2.12. The molecule has 20 heavy (non-hydrogen) atoms. The first kappa shape index (κ1) is 15.3. The third-order valence-electron chi connectivity index (χ3n) is 2.82. The monoisotopic (exact) mass is 360 g/mol. The van der Waals surface area contributed by atoms with Crippen LogP contribution < -0.4 is 4.74 Å². The molecule has 2 rings (SSSR count). The van der Waals surface area contributed by atoms with E-state index in [1.165, 1.54) is 12.1 Å². The van der Waals surface area contributed by atoms with Crippen molar-refractivity contribution in [1.29, 1.82) is 0 Å². The van der Waals surface area contributed by atoms with E-state index in [0.717, 1.165) is 16.1 Å². The Hall–Kier alpha value is -1.13. The van der Waals surface area contributed by atoms with Crippen LogP contribution in [-0.2, 0) is 6.42 Å². The van der Waals surface area contributed by atoms with Crippen LogP contribution in [0.15, 0.2) is 48.5 Å². The fourth-order valence-electron chi connectivity index (χ4n) is 1.83. The second-order valence-corrected chi connectivity index (χ2v) is 5.72. The molecule has 0 aliphatic rings. The molecule has 1 nitrogen and oxygen atoms in total. The first-order chi connectivity index (χ1) is 9.56. The topological polar surface area (TPSA) is 9.23 Å². The maximum Gasteiger partial charge on any atom is 0.387 e. The van der Waals surface area contributed by atoms with Gasteiger partial charge in [0.2, 0.25) is 0 Å². The van der Waals surface area contributed by atoms with E-state index in [0.29, 0.717) is 6.42 Å². The van der Waals surface area contributed by atoms with Gasteiger partial charge in [0.05, 0.1) is 0 Å². The minimum Gasteiger partial charge on any atom is -0.435 e. The fourth-order valence-corrected chi connectivity index (χ4v) is 2.70. The van der Waals surface area contributed by atoms with Gasteiger partial charge in [-0.2, -0.15) is 8.78 Å². The van der Waals surface area contributed by atoms with Gasteiger partial charge < -0.3 is 4.74 Å². The summed E-state index contributed by atoms with van der Waals surface area (Å²) >= 11 is 9.70. The average molecular weight is 362 g/mol. The number of hydrogen-bond acceptors (Lipinski definition) is 1. The van der Waals surface area contributed by atoms with Crippen molar-refractivity contribution in [1.82, 2.24) is 0 Å². The number of alkyl halides is 3. The van der Waals surface area contributed by atoms with E-state index >= 15 is 0 Å². The first-order valence-corrected chi connectivity index (χ1v) is 7.28. The fraction of sp³-hybridized carbons (Fsp3) is 0.200. The lowest BCUT2D eigenvalue weighted by atomic mass is 10.0. The number of rotatable bonds is 5. The number of hydrogen-bond donors (Lipinski definition) is 0. The smallest absolute Gasteiger partial charge is 0.387 e. The summed E-state index contributed by atoms with van der Waals surface area (Å²) in [4.78, 5) is 0.0583. The molecule has 106 valence electrons. The molecular formula is C15H12BrClF2O. The van der Waals surface area contributed by atoms with Crippen LogP contribution in [0.25, 0.3) is 0 Å². The van der Waals surface area contributed by atoms with Gasteiger partial charge in [0.25, 0.3) is 0 Å². The maximum absolute atomic E-state index is 12.1. The van der Waals surface area contributed by atoms with Crippen LogP contribution in [0.5, 0.6) is 5.75 Å². The highest BCUT2D eigenvalue weighted by Crippen LogP contribution is 2.30. The van der Waals surface area contributed by atoms with Crippen molar-refractivity contribution in [2.45, 2.75) is 17.9 Å². The Morgan fingerprint density at radius 1 is 1.05 bits per heavy atom. The van der Waals surface area contributed by atoms with Crippen molar-refractivity contribution < 1.29 is 13.5 Å². The van der Waals surface area contributed by atoms with Crippen molar-refractivity contribution in [3.8, 4) is 5.75 Å². The number of benzene rings is 2. The second kappa shape index (κ2) is 7.04. The second-order valence-electron chi connectivity index (χ2n) is 4.21. The zero-order valence-corrected chi connectivity index (χ0v) is 12.7. The number of ether oxygens (including phenoxy) is 1. The van der Waals surface area contributed by atoms with Crippen LogP contribution in [0.3, 0.4) is 0 Å². The summed E-state index contributed by atoms with van der Waals surface area (Å²) in [6.45, 7) is -2.80. The Balaban J connectivity index is 2.06. The van der Waals surface area contributed by atoms with Gasteiger partial charge in [-0.1, -0.05) is 57.9 Å². The van der Waals surface area contributed by atoms with Gasteiger partial charge in [0.1, 0.15) is 5.75 Å². The van der Waals surface area contributed by atoms with Gasteiger partial charge in [-0.05, 0) is 35.7 Å². The molecule has 5 heteroatoms. The summed E-state index contributed by atoms with van der Waals surface area (Å²) in [7, 11) is 0. The normalized spacial score (nSPS) is 12.4. The van der Waals surface area contributed by atoms with Gasteiger partial charge in [-0.15, -0.1) is 0 Å². The van der Waals surface area contributed by atoms with E-state index in [1.54, 1.807) is 12.1 Å². The largest absolute Gasteiger partial charge is 0.435 e. The lowest BCUT2D eigenvalue weighted by Crippen LogP contribution is -2.02. The average Bonchev–Trinajstić information content (AvgIpc) is 2.41. The molecule has 0 spiro atoms. The summed E-state index contributed by atoms with van der Waals surface area (Å²) < 4.78 is 28.4. The minimum atomic E-state index is -2.80. The molecule has 0 aliphatic heterocycles. The van der Waals surface area contributed by atoms with Crippen LogP contribution in [0.1, 0.15) is 16.0 Å². The lowest BCUT2D eigenvalue weighted by molar-refractivity contribution is -0.0498. The molecule has 0 bridgehead atoms. The summed E-state index contributed by atoms with van der Waals surface area (Å²) in [6, 6.07) is 14.2. The Bertz CT molecular complexity index is 560. The van der Waals surface area contributed by atoms with Crippen molar-refractivity contribution in [2.24, 2.45) is 0 Å². The highest BCUT2D eigenvalue weighted by atomic mass is 79.9. The van der Waals surface area contributed by atoms with Gasteiger partial charge in [-0.3, -0.25) is 0 Å². The predicted molar refractivity (Wildman–Crippen MR) is 79.9 cm³/mol. The maximum atomic E-state index is 12.1. The molecule has 1 unspecified atom stereocenters. The molecule has 2 aromatic rings. The molecule has 0 saturated heterocycles. The Labute approximate surface area is 129 Å². The predicted octanol–water partition coefficient (Wildman–Crippen LogP) is 5.62. The standard InChI is InChI=1S/C15H12BrClF2O/c16-13(9-11-3-1-2-4-14(11)17)10-5-7-12(8-6-10)20-15(18)19/h1-8,13,15H,9H2. The van der Waals surface area contributed by atoms with E-state index < -0.39 is 6.61 Å².